The van der Waals surface area contributed by atoms with E-state index in [1.165, 1.54) is 6.07 Å². The van der Waals surface area contributed by atoms with Gasteiger partial charge in [-0.25, -0.2) is 4.39 Å². The SMILES string of the molecule is CCCCOc1ccc(C(=O)[O-])c(F)c1. The van der Waals surface area contributed by atoms with Crippen molar-refractivity contribution in [2.45, 2.75) is 19.8 Å². The normalized spacial score (nSPS) is 10.0. The summed E-state index contributed by atoms with van der Waals surface area (Å²) in [6, 6.07) is 3.62. The predicted octanol–water partition coefficient (Wildman–Crippen LogP) is 1.37. The number of hydrogen-bond acceptors (Lipinski definition) is 3. The Hall–Kier alpha value is -1.58. The summed E-state index contributed by atoms with van der Waals surface area (Å²) < 4.78 is 18.3. The monoisotopic (exact) mass is 211 g/mol. The number of benzene rings is 1. The minimum atomic E-state index is -1.52. The maximum atomic E-state index is 13.1. The fourth-order valence-corrected chi connectivity index (χ4v) is 1.09. The Morgan fingerprint density at radius 2 is 2.27 bits per heavy atom. The molecule has 0 bridgehead atoms. The van der Waals surface area contributed by atoms with E-state index < -0.39 is 17.3 Å². The lowest BCUT2D eigenvalue weighted by Crippen LogP contribution is -2.23. The molecule has 4 heteroatoms. The first kappa shape index (κ1) is 11.5. The fourth-order valence-electron chi connectivity index (χ4n) is 1.09. The van der Waals surface area contributed by atoms with Gasteiger partial charge in [0.05, 0.1) is 12.6 Å². The summed E-state index contributed by atoms with van der Waals surface area (Å²) in [5.41, 5.74) is -0.446. The van der Waals surface area contributed by atoms with Crippen molar-refractivity contribution in [1.82, 2.24) is 0 Å². The maximum absolute atomic E-state index is 13.1. The molecular formula is C11H12FO3-. The Morgan fingerprint density at radius 3 is 2.80 bits per heavy atom. The van der Waals surface area contributed by atoms with Gasteiger partial charge in [0.25, 0.3) is 0 Å². The molecule has 0 fully saturated rings. The van der Waals surface area contributed by atoms with Gasteiger partial charge in [-0.2, -0.15) is 0 Å². The molecule has 0 aliphatic heterocycles. The predicted molar refractivity (Wildman–Crippen MR) is 51.1 cm³/mol. The molecular weight excluding hydrogens is 199 g/mol. The van der Waals surface area contributed by atoms with Crippen LogP contribution in [0.15, 0.2) is 18.2 Å². The number of carboxylic acids is 1. The van der Waals surface area contributed by atoms with Crippen LogP contribution in [0.5, 0.6) is 5.75 Å². The lowest BCUT2D eigenvalue weighted by Gasteiger charge is -2.08. The number of unbranched alkanes of at least 4 members (excludes halogenated alkanes) is 1. The summed E-state index contributed by atoms with van der Waals surface area (Å²) in [5, 5.41) is 10.4. The highest BCUT2D eigenvalue weighted by Gasteiger charge is 2.04. The Morgan fingerprint density at radius 1 is 1.53 bits per heavy atom. The summed E-state index contributed by atoms with van der Waals surface area (Å²) in [7, 11) is 0. The van der Waals surface area contributed by atoms with Crippen LogP contribution < -0.4 is 9.84 Å². The lowest BCUT2D eigenvalue weighted by atomic mass is 10.2. The van der Waals surface area contributed by atoms with Crippen molar-refractivity contribution >= 4 is 5.97 Å². The molecule has 15 heavy (non-hydrogen) atoms. The molecule has 0 atom stereocenters. The highest BCUT2D eigenvalue weighted by atomic mass is 19.1. The zero-order valence-electron chi connectivity index (χ0n) is 8.46. The van der Waals surface area contributed by atoms with Gasteiger partial charge in [0.2, 0.25) is 0 Å². The van der Waals surface area contributed by atoms with Crippen molar-refractivity contribution in [3.8, 4) is 5.75 Å². The number of halogens is 1. The third-order valence-electron chi connectivity index (χ3n) is 1.93. The van der Waals surface area contributed by atoms with Gasteiger partial charge in [-0.3, -0.25) is 0 Å². The van der Waals surface area contributed by atoms with Crippen LogP contribution in [-0.4, -0.2) is 12.6 Å². The molecule has 0 N–H and O–H groups in total. The summed E-state index contributed by atoms with van der Waals surface area (Å²) >= 11 is 0. The molecule has 0 radical (unpaired) electrons. The molecule has 1 aromatic rings. The van der Waals surface area contributed by atoms with Crippen LogP contribution in [0, 0.1) is 5.82 Å². The first-order valence-electron chi connectivity index (χ1n) is 4.79. The Balaban J connectivity index is 2.69. The van der Waals surface area contributed by atoms with E-state index in [1.807, 2.05) is 6.92 Å². The number of rotatable bonds is 5. The summed E-state index contributed by atoms with van der Waals surface area (Å²) in [4.78, 5) is 10.4. The lowest BCUT2D eigenvalue weighted by molar-refractivity contribution is -0.255. The van der Waals surface area contributed by atoms with Crippen LogP contribution >= 0.6 is 0 Å². The van der Waals surface area contributed by atoms with E-state index in [-0.39, 0.29) is 0 Å². The van der Waals surface area contributed by atoms with Gasteiger partial charge in [-0.1, -0.05) is 13.3 Å². The molecule has 0 aromatic heterocycles. The Labute approximate surface area is 87.5 Å². The standard InChI is InChI=1S/C11H13FO3/c1-2-3-6-15-8-4-5-9(11(13)14)10(12)7-8/h4-5,7H,2-3,6H2,1H3,(H,13,14)/p-1. The Kier molecular flexibility index (Phi) is 4.09. The van der Waals surface area contributed by atoms with Crippen LogP contribution in [0.2, 0.25) is 0 Å². The second-order valence-electron chi connectivity index (χ2n) is 3.13. The first-order chi connectivity index (χ1) is 7.15. The van der Waals surface area contributed by atoms with Crippen LogP contribution in [0.25, 0.3) is 0 Å². The topological polar surface area (TPSA) is 49.4 Å². The van der Waals surface area contributed by atoms with E-state index in [4.69, 9.17) is 4.74 Å². The summed E-state index contributed by atoms with van der Waals surface area (Å²) in [5.74, 6) is -2.01. The van der Waals surface area contributed by atoms with Crippen molar-refractivity contribution in [2.75, 3.05) is 6.61 Å². The van der Waals surface area contributed by atoms with Gasteiger partial charge in [-0.05, 0) is 18.6 Å². The zero-order chi connectivity index (χ0) is 11.3. The van der Waals surface area contributed by atoms with Gasteiger partial charge in [0, 0.05) is 11.6 Å². The summed E-state index contributed by atoms with van der Waals surface area (Å²) in [6.07, 6.45) is 1.86. The van der Waals surface area contributed by atoms with E-state index in [0.29, 0.717) is 12.4 Å². The van der Waals surface area contributed by atoms with Crippen molar-refractivity contribution in [3.05, 3.63) is 29.6 Å². The molecule has 0 aliphatic carbocycles. The molecule has 0 spiro atoms. The number of aromatic carboxylic acids is 1. The van der Waals surface area contributed by atoms with Gasteiger partial charge in [0.1, 0.15) is 11.6 Å². The minimum Gasteiger partial charge on any atom is -0.545 e. The number of ether oxygens (including phenoxy) is 1. The van der Waals surface area contributed by atoms with E-state index in [9.17, 15) is 14.3 Å². The van der Waals surface area contributed by atoms with Crippen LogP contribution in [0.3, 0.4) is 0 Å². The van der Waals surface area contributed by atoms with Crippen LogP contribution in [0.1, 0.15) is 30.1 Å². The van der Waals surface area contributed by atoms with Crippen molar-refractivity contribution < 1.29 is 19.0 Å². The molecule has 0 saturated heterocycles. The van der Waals surface area contributed by atoms with Gasteiger partial charge >= 0.3 is 0 Å². The molecule has 0 unspecified atom stereocenters. The number of carbonyl (C=O) groups is 1. The quantitative estimate of drug-likeness (QED) is 0.691. The smallest absolute Gasteiger partial charge is 0.135 e. The minimum absolute atomic E-state index is 0.339. The van der Waals surface area contributed by atoms with E-state index in [1.54, 1.807) is 0 Å². The van der Waals surface area contributed by atoms with Crippen molar-refractivity contribution in [1.29, 1.82) is 0 Å². The average molecular weight is 211 g/mol. The molecule has 82 valence electrons. The van der Waals surface area contributed by atoms with Crippen molar-refractivity contribution in [2.24, 2.45) is 0 Å². The van der Waals surface area contributed by atoms with Crippen molar-refractivity contribution in [3.63, 3.8) is 0 Å². The van der Waals surface area contributed by atoms with Gasteiger partial charge < -0.3 is 14.6 Å². The second kappa shape index (κ2) is 5.34. The highest BCUT2D eigenvalue weighted by molar-refractivity contribution is 5.86. The molecule has 1 rings (SSSR count). The zero-order valence-corrected chi connectivity index (χ0v) is 8.46. The number of hydrogen-bond donors (Lipinski definition) is 0. The molecule has 3 nitrogen and oxygen atoms in total. The number of carbonyl (C=O) groups excluding carboxylic acids is 1. The molecule has 0 heterocycles. The molecule has 0 amide bonds. The largest absolute Gasteiger partial charge is 0.545 e. The van der Waals surface area contributed by atoms with E-state index in [2.05, 4.69) is 0 Å². The third kappa shape index (κ3) is 3.23. The number of carboxylic acid groups (broad SMARTS) is 1. The van der Waals surface area contributed by atoms with Gasteiger partial charge in [-0.15, -0.1) is 0 Å². The molecule has 0 aliphatic rings. The Bertz CT molecular complexity index is 350. The highest BCUT2D eigenvalue weighted by Crippen LogP contribution is 2.16. The van der Waals surface area contributed by atoms with Gasteiger partial charge in [0.15, 0.2) is 0 Å². The second-order valence-corrected chi connectivity index (χ2v) is 3.13. The molecule has 0 saturated carbocycles. The summed E-state index contributed by atoms with van der Waals surface area (Å²) in [6.45, 7) is 2.52. The van der Waals surface area contributed by atoms with Crippen LogP contribution in [-0.2, 0) is 0 Å². The van der Waals surface area contributed by atoms with Crippen LogP contribution in [0.4, 0.5) is 4.39 Å². The fraction of sp³-hybridized carbons (Fsp3) is 0.364. The first-order valence-corrected chi connectivity index (χ1v) is 4.79. The average Bonchev–Trinajstić information content (AvgIpc) is 2.17. The maximum Gasteiger partial charge on any atom is 0.135 e. The van der Waals surface area contributed by atoms with E-state index >= 15 is 0 Å². The molecule has 1 aromatic carbocycles. The third-order valence-corrected chi connectivity index (χ3v) is 1.93. The van der Waals surface area contributed by atoms with E-state index in [0.717, 1.165) is 25.0 Å².